The molecule has 0 saturated heterocycles. The van der Waals surface area contributed by atoms with Crippen molar-refractivity contribution in [1.29, 1.82) is 0 Å². The number of hydrogen-bond donors (Lipinski definition) is 1. The second kappa shape index (κ2) is 2.42. The van der Waals surface area contributed by atoms with Crippen molar-refractivity contribution in [1.82, 2.24) is 0 Å². The van der Waals surface area contributed by atoms with Gasteiger partial charge in [-0.3, -0.25) is 4.79 Å². The Labute approximate surface area is 69.3 Å². The molecular formula is C6H9FO4S. The minimum Gasteiger partial charge on any atom is -0.480 e. The van der Waals surface area contributed by atoms with E-state index in [0.29, 0.717) is 0 Å². The van der Waals surface area contributed by atoms with Crippen molar-refractivity contribution < 1.29 is 22.7 Å². The van der Waals surface area contributed by atoms with Crippen molar-refractivity contribution in [2.45, 2.75) is 23.8 Å². The molecule has 4 nitrogen and oxygen atoms in total. The molecular weight excluding hydrogens is 187 g/mol. The number of halogens is 1. The van der Waals surface area contributed by atoms with Crippen LogP contribution < -0.4 is 0 Å². The number of carbonyl (C=O) groups is 1. The van der Waals surface area contributed by atoms with E-state index in [0.717, 1.165) is 6.26 Å². The molecule has 1 aliphatic carbocycles. The van der Waals surface area contributed by atoms with E-state index in [4.69, 9.17) is 5.11 Å². The predicted molar refractivity (Wildman–Crippen MR) is 39.3 cm³/mol. The van der Waals surface area contributed by atoms with Crippen LogP contribution in [0.25, 0.3) is 0 Å². The van der Waals surface area contributed by atoms with Crippen molar-refractivity contribution >= 4 is 15.8 Å². The minimum atomic E-state index is -3.70. The lowest BCUT2D eigenvalue weighted by Crippen LogP contribution is -2.56. The Balaban J connectivity index is 3.01. The van der Waals surface area contributed by atoms with Gasteiger partial charge in [0.1, 0.15) is 6.17 Å². The van der Waals surface area contributed by atoms with E-state index in [1.807, 2.05) is 0 Å². The van der Waals surface area contributed by atoms with Gasteiger partial charge in [0.2, 0.25) is 0 Å². The highest BCUT2D eigenvalue weighted by molar-refractivity contribution is 7.93. The quantitative estimate of drug-likeness (QED) is 0.674. The van der Waals surface area contributed by atoms with Crippen LogP contribution in [-0.2, 0) is 14.6 Å². The number of carboxylic acids is 1. The molecule has 0 heterocycles. The Morgan fingerprint density at radius 2 is 2.00 bits per heavy atom. The summed E-state index contributed by atoms with van der Waals surface area (Å²) >= 11 is 0. The fraction of sp³-hybridized carbons (Fsp3) is 0.833. The SMILES string of the molecule is CS(=O)(=O)C1(C(=O)O)CC(F)C1. The van der Waals surface area contributed by atoms with Crippen LogP contribution in [0.5, 0.6) is 0 Å². The first-order valence-electron chi connectivity index (χ1n) is 3.37. The first-order valence-corrected chi connectivity index (χ1v) is 5.26. The summed E-state index contributed by atoms with van der Waals surface area (Å²) in [7, 11) is -3.70. The normalized spacial score (nSPS) is 35.7. The maximum Gasteiger partial charge on any atom is 0.325 e. The van der Waals surface area contributed by atoms with Crippen molar-refractivity contribution in [2.75, 3.05) is 6.26 Å². The summed E-state index contributed by atoms with van der Waals surface area (Å²) in [6, 6.07) is 0. The van der Waals surface area contributed by atoms with E-state index in [1.165, 1.54) is 0 Å². The smallest absolute Gasteiger partial charge is 0.325 e. The topological polar surface area (TPSA) is 71.4 Å². The summed E-state index contributed by atoms with van der Waals surface area (Å²) in [4.78, 5) is 10.5. The van der Waals surface area contributed by atoms with Crippen LogP contribution in [0.1, 0.15) is 12.8 Å². The zero-order valence-corrected chi connectivity index (χ0v) is 7.27. The molecule has 1 aliphatic rings. The molecule has 1 rings (SSSR count). The summed E-state index contributed by atoms with van der Waals surface area (Å²) in [5.74, 6) is -1.45. The molecule has 0 unspecified atom stereocenters. The Kier molecular flexibility index (Phi) is 1.90. The summed E-state index contributed by atoms with van der Waals surface area (Å²) in [6.45, 7) is 0. The molecule has 0 radical (unpaired) electrons. The van der Waals surface area contributed by atoms with E-state index >= 15 is 0 Å². The van der Waals surface area contributed by atoms with Gasteiger partial charge in [0.15, 0.2) is 14.6 Å². The maximum atomic E-state index is 12.4. The van der Waals surface area contributed by atoms with Gasteiger partial charge in [-0.1, -0.05) is 0 Å². The molecule has 0 amide bonds. The lowest BCUT2D eigenvalue weighted by atomic mass is 9.82. The number of carboxylic acid groups (broad SMARTS) is 1. The minimum absolute atomic E-state index is 0.416. The molecule has 0 aromatic carbocycles. The Morgan fingerprint density at radius 3 is 2.08 bits per heavy atom. The highest BCUT2D eigenvalue weighted by Crippen LogP contribution is 2.41. The largest absolute Gasteiger partial charge is 0.480 e. The van der Waals surface area contributed by atoms with Crippen LogP contribution in [0.4, 0.5) is 4.39 Å². The predicted octanol–water partition coefficient (Wildman–Crippen LogP) is -0.0137. The van der Waals surface area contributed by atoms with Gasteiger partial charge in [-0.15, -0.1) is 0 Å². The average molecular weight is 196 g/mol. The van der Waals surface area contributed by atoms with Crippen LogP contribution >= 0.6 is 0 Å². The highest BCUT2D eigenvalue weighted by Gasteiger charge is 2.58. The lowest BCUT2D eigenvalue weighted by Gasteiger charge is -2.38. The van der Waals surface area contributed by atoms with E-state index in [2.05, 4.69) is 0 Å². The lowest BCUT2D eigenvalue weighted by molar-refractivity contribution is -0.144. The van der Waals surface area contributed by atoms with Gasteiger partial charge < -0.3 is 5.11 Å². The molecule has 0 atom stereocenters. The molecule has 1 saturated carbocycles. The van der Waals surface area contributed by atoms with E-state index in [-0.39, 0.29) is 0 Å². The van der Waals surface area contributed by atoms with Crippen LogP contribution in [0.2, 0.25) is 0 Å². The van der Waals surface area contributed by atoms with Gasteiger partial charge in [-0.25, -0.2) is 12.8 Å². The average Bonchev–Trinajstić information content (AvgIpc) is 1.76. The Hall–Kier alpha value is -0.650. The third-order valence-electron chi connectivity index (χ3n) is 2.20. The van der Waals surface area contributed by atoms with Crippen molar-refractivity contribution in [2.24, 2.45) is 0 Å². The third kappa shape index (κ3) is 1.10. The van der Waals surface area contributed by atoms with E-state index in [9.17, 15) is 17.6 Å². The molecule has 0 aromatic rings. The molecule has 6 heteroatoms. The number of aliphatic carboxylic acids is 1. The molecule has 0 aliphatic heterocycles. The number of alkyl halides is 1. The Bertz CT molecular complexity index is 302. The first kappa shape index (κ1) is 9.44. The van der Waals surface area contributed by atoms with Crippen LogP contribution in [0, 0.1) is 0 Å². The van der Waals surface area contributed by atoms with Crippen molar-refractivity contribution in [3.8, 4) is 0 Å². The van der Waals surface area contributed by atoms with Gasteiger partial charge in [0, 0.05) is 19.1 Å². The summed E-state index contributed by atoms with van der Waals surface area (Å²) in [5.41, 5.74) is 0. The Morgan fingerprint density at radius 1 is 1.58 bits per heavy atom. The van der Waals surface area contributed by atoms with Gasteiger partial charge in [0.05, 0.1) is 0 Å². The molecule has 0 bridgehead atoms. The second-order valence-electron chi connectivity index (χ2n) is 3.08. The van der Waals surface area contributed by atoms with E-state index < -0.39 is 39.6 Å². The standard InChI is InChI=1S/C6H9FO4S/c1-12(10,11)6(5(8)9)2-4(7)3-6/h4H,2-3H2,1H3,(H,8,9). The fourth-order valence-electron chi connectivity index (χ4n) is 1.29. The summed E-state index contributed by atoms with van der Waals surface area (Å²) in [6.07, 6.45) is -1.30. The van der Waals surface area contributed by atoms with Crippen LogP contribution in [0.15, 0.2) is 0 Å². The maximum absolute atomic E-state index is 12.4. The zero-order chi connectivity index (χ0) is 9.57. The number of sulfone groups is 1. The van der Waals surface area contributed by atoms with Gasteiger partial charge in [0.25, 0.3) is 0 Å². The third-order valence-corrected chi connectivity index (χ3v) is 4.13. The number of hydrogen-bond acceptors (Lipinski definition) is 3. The molecule has 12 heavy (non-hydrogen) atoms. The summed E-state index contributed by atoms with van der Waals surface area (Å²) in [5, 5.41) is 8.59. The second-order valence-corrected chi connectivity index (χ2v) is 5.40. The monoisotopic (exact) mass is 196 g/mol. The van der Waals surface area contributed by atoms with Crippen molar-refractivity contribution in [3.05, 3.63) is 0 Å². The van der Waals surface area contributed by atoms with Gasteiger partial charge >= 0.3 is 5.97 Å². The zero-order valence-electron chi connectivity index (χ0n) is 6.45. The fourth-order valence-corrected chi connectivity index (χ4v) is 2.58. The highest BCUT2D eigenvalue weighted by atomic mass is 32.2. The molecule has 70 valence electrons. The van der Waals surface area contributed by atoms with Crippen molar-refractivity contribution in [3.63, 3.8) is 0 Å². The molecule has 1 N–H and O–H groups in total. The molecule has 0 aromatic heterocycles. The van der Waals surface area contributed by atoms with Gasteiger partial charge in [-0.2, -0.15) is 0 Å². The van der Waals surface area contributed by atoms with Crippen LogP contribution in [-0.4, -0.2) is 36.7 Å². The first-order chi connectivity index (χ1) is 5.29. The number of rotatable bonds is 2. The van der Waals surface area contributed by atoms with E-state index in [1.54, 1.807) is 0 Å². The van der Waals surface area contributed by atoms with Crippen LogP contribution in [0.3, 0.4) is 0 Å². The summed E-state index contributed by atoms with van der Waals surface area (Å²) < 4.78 is 32.5. The molecule has 0 spiro atoms. The van der Waals surface area contributed by atoms with Gasteiger partial charge in [-0.05, 0) is 0 Å². The molecule has 1 fully saturated rings.